The normalized spacial score (nSPS) is 41.2. The predicted octanol–water partition coefficient (Wildman–Crippen LogP) is 7.09. The van der Waals surface area contributed by atoms with Crippen LogP contribution in [0.15, 0.2) is 22.8 Å². The van der Waals surface area contributed by atoms with Crippen LogP contribution in [0.3, 0.4) is 0 Å². The second-order valence-corrected chi connectivity index (χ2v) is 14.3. The van der Waals surface area contributed by atoms with Crippen molar-refractivity contribution >= 4 is 11.9 Å². The van der Waals surface area contributed by atoms with Gasteiger partial charge in [-0.1, -0.05) is 57.4 Å². The molecule has 5 heteroatoms. The van der Waals surface area contributed by atoms with Crippen molar-refractivity contribution in [3.05, 3.63) is 22.8 Å². The first-order valence-corrected chi connectivity index (χ1v) is 14.5. The third-order valence-electron chi connectivity index (χ3n) is 11.8. The smallest absolute Gasteiger partial charge is 0.306 e. The minimum absolute atomic E-state index is 0.0514. The van der Waals surface area contributed by atoms with E-state index in [2.05, 4.69) is 40.7 Å². The molecule has 37 heavy (non-hydrogen) atoms. The van der Waals surface area contributed by atoms with Crippen molar-refractivity contribution in [2.45, 2.75) is 125 Å². The molecule has 4 aliphatic rings. The highest BCUT2D eigenvalue weighted by molar-refractivity contribution is 5.71. The lowest BCUT2D eigenvalue weighted by Gasteiger charge is -2.62. The lowest BCUT2D eigenvalue weighted by Crippen LogP contribution is -2.56. The molecule has 2 N–H and O–H groups in total. The molecule has 0 saturated heterocycles. The molecule has 2 saturated carbocycles. The number of rotatable bonds is 6. The Bertz CT molecular complexity index is 1000. The minimum atomic E-state index is -0.766. The Morgan fingerprint density at radius 3 is 2.30 bits per heavy atom. The number of aliphatic carboxylic acids is 1. The van der Waals surface area contributed by atoms with Crippen molar-refractivity contribution in [1.29, 1.82) is 0 Å². The third-order valence-corrected chi connectivity index (χ3v) is 11.8. The Balaban J connectivity index is 1.71. The van der Waals surface area contributed by atoms with E-state index < -0.39 is 18.0 Å². The van der Waals surface area contributed by atoms with Crippen LogP contribution in [-0.4, -0.2) is 34.4 Å². The van der Waals surface area contributed by atoms with Gasteiger partial charge >= 0.3 is 11.9 Å². The van der Waals surface area contributed by atoms with Gasteiger partial charge in [0.2, 0.25) is 0 Å². The zero-order chi connectivity index (χ0) is 27.6. The largest absolute Gasteiger partial charge is 0.481 e. The number of hydrogen-bond donors (Lipinski definition) is 2. The first-order valence-electron chi connectivity index (χ1n) is 14.5. The van der Waals surface area contributed by atoms with Crippen molar-refractivity contribution in [3.63, 3.8) is 0 Å². The van der Waals surface area contributed by atoms with Gasteiger partial charge in [-0.25, -0.2) is 0 Å². The Kier molecular flexibility index (Phi) is 7.32. The van der Waals surface area contributed by atoms with Crippen LogP contribution in [0, 0.1) is 39.4 Å². The number of carbonyl (C=O) groups excluding carboxylic acids is 1. The number of carbonyl (C=O) groups is 2. The van der Waals surface area contributed by atoms with E-state index in [0.29, 0.717) is 18.8 Å². The molecular weight excluding hydrogens is 464 g/mol. The second-order valence-electron chi connectivity index (χ2n) is 14.3. The Morgan fingerprint density at radius 2 is 1.70 bits per heavy atom. The predicted molar refractivity (Wildman–Crippen MR) is 146 cm³/mol. The van der Waals surface area contributed by atoms with Gasteiger partial charge in [-0.05, 0) is 93.8 Å². The molecular formula is C32H50O5. The van der Waals surface area contributed by atoms with E-state index in [4.69, 9.17) is 4.74 Å². The first kappa shape index (κ1) is 28.4. The van der Waals surface area contributed by atoms with Crippen molar-refractivity contribution < 1.29 is 24.5 Å². The summed E-state index contributed by atoms with van der Waals surface area (Å²) in [4.78, 5) is 24.4. The van der Waals surface area contributed by atoms with Gasteiger partial charge < -0.3 is 14.9 Å². The van der Waals surface area contributed by atoms with E-state index in [9.17, 15) is 19.8 Å². The van der Waals surface area contributed by atoms with Gasteiger partial charge in [0.15, 0.2) is 0 Å². The molecule has 208 valence electrons. The van der Waals surface area contributed by atoms with Crippen molar-refractivity contribution in [2.75, 3.05) is 0 Å². The maximum atomic E-state index is 12.5. The summed E-state index contributed by atoms with van der Waals surface area (Å²) in [7, 11) is 0. The standard InChI is InChI=1S/C32H50O5/c1-19(2)10-9-11-21(28(35)36)27-24(34)18-32(8)23-12-13-25-29(4,5)26(37-20(3)33)15-16-30(25,6)22(23)14-17-31(27,32)7/h10,21,24-27,34H,9,11-18H2,1-8H3,(H,35,36)/t21?,24-,25+,26+,27+,30-,31-,32+/m1/s1. The highest BCUT2D eigenvalue weighted by atomic mass is 16.5. The van der Waals surface area contributed by atoms with Gasteiger partial charge in [-0.2, -0.15) is 0 Å². The van der Waals surface area contributed by atoms with E-state index >= 15 is 0 Å². The van der Waals surface area contributed by atoms with E-state index in [1.165, 1.54) is 18.1 Å². The average molecular weight is 515 g/mol. The number of allylic oxidation sites excluding steroid dienone is 4. The first-order chi connectivity index (χ1) is 17.1. The average Bonchev–Trinajstić information content (AvgIpc) is 2.98. The van der Waals surface area contributed by atoms with Crippen LogP contribution >= 0.6 is 0 Å². The Morgan fingerprint density at radius 1 is 1.03 bits per heavy atom. The lowest BCUT2D eigenvalue weighted by molar-refractivity contribution is -0.167. The molecule has 0 aromatic heterocycles. The van der Waals surface area contributed by atoms with E-state index in [1.807, 2.05) is 13.8 Å². The number of ether oxygens (including phenoxy) is 1. The number of hydrogen-bond acceptors (Lipinski definition) is 4. The van der Waals surface area contributed by atoms with Crippen LogP contribution in [0.2, 0.25) is 0 Å². The van der Waals surface area contributed by atoms with Crippen LogP contribution in [0.1, 0.15) is 113 Å². The van der Waals surface area contributed by atoms with Gasteiger partial charge in [0, 0.05) is 18.3 Å². The summed E-state index contributed by atoms with van der Waals surface area (Å²) in [5, 5.41) is 21.8. The van der Waals surface area contributed by atoms with Crippen molar-refractivity contribution in [1.82, 2.24) is 0 Å². The number of carboxylic acid groups (broad SMARTS) is 1. The minimum Gasteiger partial charge on any atom is -0.481 e. The maximum Gasteiger partial charge on any atom is 0.306 e. The molecule has 0 amide bonds. The third kappa shape index (κ3) is 4.32. The molecule has 1 unspecified atom stereocenters. The SMILES string of the molecule is CC(=O)O[C@H]1CC[C@]2(C)C3=C(CC[C@H]2C1(C)C)[C@]1(C)C[C@@H](O)[C@H](C(CCC=C(C)C)C(=O)O)[C@@]1(C)CC3. The zero-order valence-corrected chi connectivity index (χ0v) is 24.4. The molecule has 5 nitrogen and oxygen atoms in total. The van der Waals surface area contributed by atoms with Crippen LogP contribution < -0.4 is 0 Å². The van der Waals surface area contributed by atoms with Gasteiger partial charge in [-0.3, -0.25) is 9.59 Å². The molecule has 0 bridgehead atoms. The van der Waals surface area contributed by atoms with E-state index in [0.717, 1.165) is 44.9 Å². The molecule has 8 atom stereocenters. The molecule has 0 spiro atoms. The van der Waals surface area contributed by atoms with Gasteiger partial charge in [0.1, 0.15) is 6.10 Å². The molecule has 2 fully saturated rings. The van der Waals surface area contributed by atoms with Crippen LogP contribution in [0.4, 0.5) is 0 Å². The topological polar surface area (TPSA) is 83.8 Å². The molecule has 0 heterocycles. The monoisotopic (exact) mass is 514 g/mol. The summed E-state index contributed by atoms with van der Waals surface area (Å²) in [6.07, 6.45) is 9.27. The highest BCUT2D eigenvalue weighted by Gasteiger charge is 2.66. The van der Waals surface area contributed by atoms with Gasteiger partial charge in [0.05, 0.1) is 12.0 Å². The molecule has 0 aromatic rings. The summed E-state index contributed by atoms with van der Waals surface area (Å²) in [5.41, 5.74) is 3.80. The van der Waals surface area contributed by atoms with Crippen molar-refractivity contribution in [2.24, 2.45) is 39.4 Å². The zero-order valence-electron chi connectivity index (χ0n) is 24.4. The quantitative estimate of drug-likeness (QED) is 0.292. The fraction of sp³-hybridized carbons (Fsp3) is 0.812. The van der Waals surface area contributed by atoms with E-state index in [1.54, 1.807) is 5.57 Å². The summed E-state index contributed by atoms with van der Waals surface area (Å²) in [6, 6.07) is 0. The second kappa shape index (κ2) is 9.54. The number of aliphatic hydroxyl groups excluding tert-OH is 1. The van der Waals surface area contributed by atoms with E-state index in [-0.39, 0.29) is 39.7 Å². The van der Waals surface area contributed by atoms with Crippen molar-refractivity contribution in [3.8, 4) is 0 Å². The highest BCUT2D eigenvalue weighted by Crippen LogP contribution is 2.72. The molecule has 0 aromatic carbocycles. The van der Waals surface area contributed by atoms with Crippen LogP contribution in [0.5, 0.6) is 0 Å². The molecule has 0 radical (unpaired) electrons. The summed E-state index contributed by atoms with van der Waals surface area (Å²) in [6.45, 7) is 17.2. The maximum absolute atomic E-state index is 12.5. The Hall–Kier alpha value is -1.62. The summed E-state index contributed by atoms with van der Waals surface area (Å²) < 4.78 is 5.82. The fourth-order valence-electron chi connectivity index (χ4n) is 9.90. The van der Waals surface area contributed by atoms with Crippen LogP contribution in [0.25, 0.3) is 0 Å². The lowest BCUT2D eigenvalue weighted by atomic mass is 9.43. The molecule has 0 aliphatic heterocycles. The molecule has 4 aliphatic carbocycles. The summed E-state index contributed by atoms with van der Waals surface area (Å²) in [5.74, 6) is -1.30. The Labute approximate surface area is 224 Å². The number of esters is 1. The summed E-state index contributed by atoms with van der Waals surface area (Å²) >= 11 is 0. The number of carboxylic acids is 1. The fourth-order valence-corrected chi connectivity index (χ4v) is 9.90. The van der Waals surface area contributed by atoms with Gasteiger partial charge in [0.25, 0.3) is 0 Å². The van der Waals surface area contributed by atoms with Crippen LogP contribution in [-0.2, 0) is 14.3 Å². The number of fused-ring (bicyclic) bond motifs is 4. The van der Waals surface area contributed by atoms with Gasteiger partial charge in [-0.15, -0.1) is 0 Å². The number of aliphatic hydroxyl groups is 1. The molecule has 4 rings (SSSR count).